The summed E-state index contributed by atoms with van der Waals surface area (Å²) in [4.78, 5) is 11.8. The van der Waals surface area contributed by atoms with Crippen LogP contribution in [0.5, 0.6) is 5.75 Å². The van der Waals surface area contributed by atoms with Crippen LogP contribution in [-0.2, 0) is 19.6 Å². The van der Waals surface area contributed by atoms with Crippen molar-refractivity contribution >= 4 is 27.5 Å². The van der Waals surface area contributed by atoms with Crippen molar-refractivity contribution in [3.63, 3.8) is 0 Å². The minimum absolute atomic E-state index is 0.0542. The highest BCUT2D eigenvalue weighted by Crippen LogP contribution is 2.29. The van der Waals surface area contributed by atoms with Crippen LogP contribution in [0, 0.1) is 0 Å². The van der Waals surface area contributed by atoms with Gasteiger partial charge in [0.15, 0.2) is 6.61 Å². The Morgan fingerprint density at radius 1 is 1.32 bits per heavy atom. The number of carbonyl (C=O) groups is 1. The van der Waals surface area contributed by atoms with Crippen molar-refractivity contribution in [3.05, 3.63) is 23.2 Å². The topological polar surface area (TPSA) is 84.9 Å². The first-order valence-electron chi connectivity index (χ1n) is 7.97. The molecule has 7 nitrogen and oxygen atoms in total. The molecular weight excluding hydrogens is 368 g/mol. The minimum atomic E-state index is -3.76. The summed E-state index contributed by atoms with van der Waals surface area (Å²) in [5.74, 6) is -0.281. The predicted octanol–water partition coefficient (Wildman–Crippen LogP) is 1.90. The van der Waals surface area contributed by atoms with Crippen molar-refractivity contribution in [2.24, 2.45) is 0 Å². The van der Waals surface area contributed by atoms with Gasteiger partial charge in [0, 0.05) is 31.3 Å². The van der Waals surface area contributed by atoms with Gasteiger partial charge in [-0.05, 0) is 25.1 Å². The SMILES string of the molecule is CCN(CC)S(=O)(=O)c1cc(Cl)ccc1OCC(=O)N[C@H](C)COC. The maximum absolute atomic E-state index is 12.7. The molecule has 0 aliphatic carbocycles. The Kier molecular flexibility index (Phi) is 8.64. The van der Waals surface area contributed by atoms with Gasteiger partial charge in [-0.15, -0.1) is 0 Å². The van der Waals surface area contributed by atoms with E-state index >= 15 is 0 Å². The highest BCUT2D eigenvalue weighted by Gasteiger charge is 2.26. The lowest BCUT2D eigenvalue weighted by Crippen LogP contribution is -2.38. The predicted molar refractivity (Wildman–Crippen MR) is 96.5 cm³/mol. The van der Waals surface area contributed by atoms with Gasteiger partial charge < -0.3 is 14.8 Å². The summed E-state index contributed by atoms with van der Waals surface area (Å²) in [6, 6.07) is 4.12. The Labute approximate surface area is 154 Å². The summed E-state index contributed by atoms with van der Waals surface area (Å²) in [7, 11) is -2.22. The fourth-order valence-electron chi connectivity index (χ4n) is 2.26. The summed E-state index contributed by atoms with van der Waals surface area (Å²) in [5.41, 5.74) is 0. The van der Waals surface area contributed by atoms with Crippen LogP contribution < -0.4 is 10.1 Å². The summed E-state index contributed by atoms with van der Waals surface area (Å²) in [6.07, 6.45) is 0. The minimum Gasteiger partial charge on any atom is -0.482 e. The second-order valence-corrected chi connectivity index (χ2v) is 7.74. The van der Waals surface area contributed by atoms with Crippen molar-refractivity contribution in [3.8, 4) is 5.75 Å². The van der Waals surface area contributed by atoms with Crippen molar-refractivity contribution in [1.82, 2.24) is 9.62 Å². The number of ether oxygens (including phenoxy) is 2. The largest absolute Gasteiger partial charge is 0.482 e. The summed E-state index contributed by atoms with van der Waals surface area (Å²) in [6.45, 7) is 5.98. The zero-order valence-electron chi connectivity index (χ0n) is 14.9. The van der Waals surface area contributed by atoms with Crippen LogP contribution in [0.2, 0.25) is 5.02 Å². The number of halogens is 1. The van der Waals surface area contributed by atoms with Crippen LogP contribution in [0.4, 0.5) is 0 Å². The molecule has 0 aliphatic rings. The first-order chi connectivity index (χ1) is 11.8. The van der Waals surface area contributed by atoms with Crippen LogP contribution in [0.1, 0.15) is 20.8 Å². The average molecular weight is 393 g/mol. The van der Waals surface area contributed by atoms with Gasteiger partial charge in [-0.25, -0.2) is 8.42 Å². The summed E-state index contributed by atoms with van der Waals surface area (Å²) < 4.78 is 37.2. The van der Waals surface area contributed by atoms with Gasteiger partial charge in [0.25, 0.3) is 5.91 Å². The maximum atomic E-state index is 12.7. The quantitative estimate of drug-likeness (QED) is 0.657. The molecule has 0 bridgehead atoms. The molecule has 0 heterocycles. The molecule has 25 heavy (non-hydrogen) atoms. The Bertz CT molecular complexity index is 677. The van der Waals surface area contributed by atoms with Gasteiger partial charge in [0.2, 0.25) is 10.0 Å². The van der Waals surface area contributed by atoms with E-state index in [1.807, 2.05) is 0 Å². The number of nitrogens with one attached hydrogen (secondary N) is 1. The third kappa shape index (κ3) is 6.14. The third-order valence-corrected chi connectivity index (χ3v) is 5.72. The lowest BCUT2D eigenvalue weighted by Gasteiger charge is -2.21. The zero-order valence-corrected chi connectivity index (χ0v) is 16.5. The zero-order chi connectivity index (χ0) is 19.0. The van der Waals surface area contributed by atoms with Crippen molar-refractivity contribution in [2.75, 3.05) is 33.4 Å². The van der Waals surface area contributed by atoms with Gasteiger partial charge in [-0.3, -0.25) is 4.79 Å². The number of carbonyl (C=O) groups excluding carboxylic acids is 1. The number of methoxy groups -OCH3 is 1. The number of nitrogens with zero attached hydrogens (tertiary/aromatic N) is 1. The number of hydrogen-bond acceptors (Lipinski definition) is 5. The molecule has 0 aliphatic heterocycles. The van der Waals surface area contributed by atoms with Crippen molar-refractivity contribution in [1.29, 1.82) is 0 Å². The molecule has 1 aromatic carbocycles. The van der Waals surface area contributed by atoms with E-state index < -0.39 is 10.0 Å². The molecule has 1 atom stereocenters. The van der Waals surface area contributed by atoms with E-state index in [2.05, 4.69) is 5.32 Å². The van der Waals surface area contributed by atoms with Crippen molar-refractivity contribution in [2.45, 2.75) is 31.7 Å². The Morgan fingerprint density at radius 3 is 2.52 bits per heavy atom. The molecule has 1 aromatic rings. The molecule has 1 N–H and O–H groups in total. The number of hydrogen-bond donors (Lipinski definition) is 1. The Hall–Kier alpha value is -1.35. The number of rotatable bonds is 10. The number of benzene rings is 1. The molecular formula is C16H25ClN2O5S. The standard InChI is InChI=1S/C16H25ClN2O5S/c1-5-19(6-2)25(21,22)15-9-13(17)7-8-14(15)24-11-16(20)18-12(3)10-23-4/h7-9,12H,5-6,10-11H2,1-4H3,(H,18,20)/t12-/m1/s1. The van der Waals surface area contributed by atoms with E-state index in [1.165, 1.54) is 29.6 Å². The summed E-state index contributed by atoms with van der Waals surface area (Å²) >= 11 is 5.95. The molecule has 142 valence electrons. The lowest BCUT2D eigenvalue weighted by atomic mass is 10.3. The molecule has 0 saturated carbocycles. The molecule has 0 unspecified atom stereocenters. The fraction of sp³-hybridized carbons (Fsp3) is 0.562. The second kappa shape index (κ2) is 9.96. The van der Waals surface area contributed by atoms with Crippen LogP contribution in [0.3, 0.4) is 0 Å². The highest BCUT2D eigenvalue weighted by atomic mass is 35.5. The van der Waals surface area contributed by atoms with Gasteiger partial charge in [0.05, 0.1) is 6.61 Å². The first kappa shape index (κ1) is 21.7. The first-order valence-corrected chi connectivity index (χ1v) is 9.78. The molecule has 0 saturated heterocycles. The van der Waals surface area contributed by atoms with Crippen LogP contribution in [-0.4, -0.2) is 58.1 Å². The van der Waals surface area contributed by atoms with Crippen LogP contribution >= 0.6 is 11.6 Å². The molecule has 0 fully saturated rings. The highest BCUT2D eigenvalue weighted by molar-refractivity contribution is 7.89. The van der Waals surface area contributed by atoms with E-state index in [0.29, 0.717) is 19.7 Å². The smallest absolute Gasteiger partial charge is 0.258 e. The van der Waals surface area contributed by atoms with Crippen LogP contribution in [0.25, 0.3) is 0 Å². The van der Waals surface area contributed by atoms with Gasteiger partial charge in [-0.2, -0.15) is 4.31 Å². The molecule has 0 aromatic heterocycles. The Balaban J connectivity index is 2.97. The van der Waals surface area contributed by atoms with Gasteiger partial charge >= 0.3 is 0 Å². The fourth-order valence-corrected chi connectivity index (χ4v) is 4.11. The van der Waals surface area contributed by atoms with E-state index in [1.54, 1.807) is 20.8 Å². The maximum Gasteiger partial charge on any atom is 0.258 e. The normalized spacial score (nSPS) is 12.9. The van der Waals surface area contributed by atoms with E-state index in [9.17, 15) is 13.2 Å². The number of sulfonamides is 1. The molecule has 0 spiro atoms. The van der Waals surface area contributed by atoms with E-state index in [-0.39, 0.29) is 34.2 Å². The molecule has 1 amide bonds. The Morgan fingerprint density at radius 2 is 1.96 bits per heavy atom. The van der Waals surface area contributed by atoms with E-state index in [4.69, 9.17) is 21.1 Å². The average Bonchev–Trinajstić information content (AvgIpc) is 2.54. The second-order valence-electron chi connectivity index (χ2n) is 5.39. The molecule has 0 radical (unpaired) electrons. The van der Waals surface area contributed by atoms with Gasteiger partial charge in [-0.1, -0.05) is 25.4 Å². The van der Waals surface area contributed by atoms with E-state index in [0.717, 1.165) is 0 Å². The monoisotopic (exact) mass is 392 g/mol. The summed E-state index contributed by atoms with van der Waals surface area (Å²) in [5, 5.41) is 2.97. The molecule has 1 rings (SSSR count). The lowest BCUT2D eigenvalue weighted by molar-refractivity contribution is -0.124. The van der Waals surface area contributed by atoms with Gasteiger partial charge in [0.1, 0.15) is 10.6 Å². The van der Waals surface area contributed by atoms with Crippen LogP contribution in [0.15, 0.2) is 23.1 Å². The third-order valence-electron chi connectivity index (χ3n) is 3.41. The molecule has 9 heteroatoms. The number of amides is 1. The van der Waals surface area contributed by atoms with Crippen molar-refractivity contribution < 1.29 is 22.7 Å².